The lowest BCUT2D eigenvalue weighted by molar-refractivity contribution is -0.122. The second kappa shape index (κ2) is 6.13. The van der Waals surface area contributed by atoms with Crippen LogP contribution in [0, 0.1) is 10.9 Å². The number of ether oxygens (including phenoxy) is 2. The number of H-pyrrole nitrogens is 1. The lowest BCUT2D eigenvalue weighted by atomic mass is 10.0. The predicted octanol–water partition coefficient (Wildman–Crippen LogP) is 1.58. The molecule has 1 atom stereocenters. The molecule has 1 aromatic rings. The van der Waals surface area contributed by atoms with Gasteiger partial charge >= 0.3 is 0 Å². The number of thiazole rings is 1. The zero-order valence-corrected chi connectivity index (χ0v) is 12.7. The highest BCUT2D eigenvalue weighted by Crippen LogP contribution is 2.21. The lowest BCUT2D eigenvalue weighted by Gasteiger charge is -2.25. The Labute approximate surface area is 121 Å². The van der Waals surface area contributed by atoms with Gasteiger partial charge in [-0.15, -0.1) is 11.3 Å². The molecule has 5 nitrogen and oxygen atoms in total. The fraction of sp³-hybridized carbons (Fsp3) is 0.667. The smallest absolute Gasteiger partial charge is 0.225 e. The topological polar surface area (TPSA) is 63.3 Å². The molecule has 1 saturated heterocycles. The molecule has 1 unspecified atom stereocenters. The van der Waals surface area contributed by atoms with Gasteiger partial charge < -0.3 is 19.8 Å². The number of nitrogens with one attached hydrogen (secondary N) is 2. The van der Waals surface area contributed by atoms with E-state index >= 15 is 0 Å². The van der Waals surface area contributed by atoms with E-state index in [4.69, 9.17) is 21.7 Å². The van der Waals surface area contributed by atoms with E-state index in [2.05, 4.69) is 10.3 Å². The summed E-state index contributed by atoms with van der Waals surface area (Å²) >= 11 is 6.50. The first-order valence-corrected chi connectivity index (χ1v) is 7.35. The fourth-order valence-corrected chi connectivity index (χ4v) is 3.32. The number of rotatable bonds is 5. The van der Waals surface area contributed by atoms with E-state index in [9.17, 15) is 4.79 Å². The summed E-state index contributed by atoms with van der Waals surface area (Å²) in [7, 11) is 1.66. The largest absolute Gasteiger partial charge is 0.378 e. The number of carbonyl (C=O) groups is 1. The molecular weight excluding hydrogens is 284 g/mol. The van der Waals surface area contributed by atoms with Gasteiger partial charge in [0.1, 0.15) is 5.60 Å². The summed E-state index contributed by atoms with van der Waals surface area (Å²) in [5, 5.41) is 2.92. The van der Waals surface area contributed by atoms with Gasteiger partial charge in [0, 0.05) is 37.3 Å². The van der Waals surface area contributed by atoms with Crippen LogP contribution >= 0.6 is 23.6 Å². The van der Waals surface area contributed by atoms with Gasteiger partial charge in [0.15, 0.2) is 3.95 Å². The number of amides is 1. The van der Waals surface area contributed by atoms with Crippen LogP contribution in [0.2, 0.25) is 0 Å². The second-order valence-electron chi connectivity index (χ2n) is 4.71. The Morgan fingerprint density at radius 3 is 3.00 bits per heavy atom. The molecule has 0 spiro atoms. The van der Waals surface area contributed by atoms with Crippen LogP contribution in [0.3, 0.4) is 0 Å². The van der Waals surface area contributed by atoms with Crippen molar-refractivity contribution in [1.82, 2.24) is 10.3 Å². The van der Waals surface area contributed by atoms with Crippen LogP contribution in [0.5, 0.6) is 0 Å². The molecule has 0 bridgehead atoms. The number of aryl methyl sites for hydroxylation is 1. The van der Waals surface area contributed by atoms with Gasteiger partial charge in [-0.3, -0.25) is 4.79 Å². The van der Waals surface area contributed by atoms with Crippen molar-refractivity contribution in [3.05, 3.63) is 14.5 Å². The Morgan fingerprint density at radius 2 is 2.47 bits per heavy atom. The van der Waals surface area contributed by atoms with Gasteiger partial charge in [-0.25, -0.2) is 0 Å². The Balaban J connectivity index is 1.88. The van der Waals surface area contributed by atoms with Crippen molar-refractivity contribution >= 4 is 29.5 Å². The van der Waals surface area contributed by atoms with Gasteiger partial charge in [0.2, 0.25) is 5.91 Å². The van der Waals surface area contributed by atoms with Crippen molar-refractivity contribution in [3.8, 4) is 0 Å². The number of carbonyl (C=O) groups excluding carboxylic acids is 1. The first-order valence-electron chi connectivity index (χ1n) is 6.13. The number of hydrogen-bond donors (Lipinski definition) is 2. The normalized spacial score (nSPS) is 22.6. The molecule has 1 amide bonds. The molecule has 7 heteroatoms. The molecule has 1 aliphatic rings. The summed E-state index contributed by atoms with van der Waals surface area (Å²) in [5.41, 5.74) is 0.603. The van der Waals surface area contributed by atoms with Crippen LogP contribution in [0.1, 0.15) is 17.0 Å². The molecule has 0 aliphatic carbocycles. The molecule has 1 aromatic heterocycles. The summed E-state index contributed by atoms with van der Waals surface area (Å²) in [5.74, 6) is -0.0170. The van der Waals surface area contributed by atoms with E-state index in [1.165, 1.54) is 11.3 Å². The van der Waals surface area contributed by atoms with E-state index in [0.717, 1.165) is 17.0 Å². The maximum absolute atomic E-state index is 11.9. The van der Waals surface area contributed by atoms with Crippen molar-refractivity contribution in [2.75, 3.05) is 26.9 Å². The molecule has 2 N–H and O–H groups in total. The van der Waals surface area contributed by atoms with Gasteiger partial charge in [-0.1, -0.05) is 0 Å². The highest BCUT2D eigenvalue weighted by Gasteiger charge is 2.35. The maximum Gasteiger partial charge on any atom is 0.225 e. The Morgan fingerprint density at radius 1 is 1.68 bits per heavy atom. The molecule has 0 radical (unpaired) electrons. The van der Waals surface area contributed by atoms with Crippen molar-refractivity contribution in [2.24, 2.45) is 0 Å². The molecule has 1 aliphatic heterocycles. The summed E-state index contributed by atoms with van der Waals surface area (Å²) in [4.78, 5) is 16.0. The molecule has 106 valence electrons. The SMILES string of the molecule is COC1(CNC(=O)Cc2sc(=S)[nH]c2C)CCOC1. The first-order chi connectivity index (χ1) is 9.04. The molecule has 2 heterocycles. The number of hydrogen-bond acceptors (Lipinski definition) is 5. The van der Waals surface area contributed by atoms with Crippen LogP contribution in [0.4, 0.5) is 0 Å². The molecule has 19 heavy (non-hydrogen) atoms. The molecule has 0 saturated carbocycles. The minimum atomic E-state index is -0.366. The summed E-state index contributed by atoms with van der Waals surface area (Å²) in [6, 6.07) is 0. The van der Waals surface area contributed by atoms with Crippen molar-refractivity contribution < 1.29 is 14.3 Å². The third-order valence-electron chi connectivity index (χ3n) is 3.35. The van der Waals surface area contributed by atoms with Gasteiger partial charge in [0.05, 0.1) is 13.0 Å². The molecular formula is C12H18N2O3S2. The van der Waals surface area contributed by atoms with Gasteiger partial charge in [-0.2, -0.15) is 0 Å². The number of aromatic nitrogens is 1. The standard InChI is InChI=1S/C12H18N2O3S2/c1-8-9(19-11(18)14-8)5-10(15)13-6-12(16-2)3-4-17-7-12/h3-7H2,1-2H3,(H,13,15)(H,14,18). The lowest BCUT2D eigenvalue weighted by Crippen LogP contribution is -2.45. The van der Waals surface area contributed by atoms with Crippen LogP contribution in [0.15, 0.2) is 0 Å². The monoisotopic (exact) mass is 302 g/mol. The number of methoxy groups -OCH3 is 1. The Kier molecular flexibility index (Phi) is 4.72. The summed E-state index contributed by atoms with van der Waals surface area (Å²) in [6.45, 7) is 3.63. The van der Waals surface area contributed by atoms with E-state index < -0.39 is 0 Å². The molecule has 1 fully saturated rings. The highest BCUT2D eigenvalue weighted by atomic mass is 32.1. The van der Waals surface area contributed by atoms with E-state index in [1.807, 2.05) is 6.92 Å². The van der Waals surface area contributed by atoms with Crippen molar-refractivity contribution in [2.45, 2.75) is 25.4 Å². The quantitative estimate of drug-likeness (QED) is 0.811. The van der Waals surface area contributed by atoms with E-state index in [1.54, 1.807) is 7.11 Å². The number of aromatic amines is 1. The van der Waals surface area contributed by atoms with Crippen molar-refractivity contribution in [3.63, 3.8) is 0 Å². The second-order valence-corrected chi connectivity index (χ2v) is 6.48. The van der Waals surface area contributed by atoms with Crippen molar-refractivity contribution in [1.29, 1.82) is 0 Å². The van der Waals surface area contributed by atoms with E-state index in [0.29, 0.717) is 30.1 Å². The average Bonchev–Trinajstić information content (AvgIpc) is 2.95. The molecule has 2 rings (SSSR count). The average molecular weight is 302 g/mol. The Bertz CT molecular complexity index is 503. The van der Waals surface area contributed by atoms with E-state index in [-0.39, 0.29) is 11.5 Å². The minimum absolute atomic E-state index is 0.0170. The van der Waals surface area contributed by atoms with Crippen LogP contribution in [-0.4, -0.2) is 43.4 Å². The van der Waals surface area contributed by atoms with Crippen LogP contribution in [-0.2, 0) is 20.7 Å². The zero-order valence-electron chi connectivity index (χ0n) is 11.1. The maximum atomic E-state index is 11.9. The minimum Gasteiger partial charge on any atom is -0.378 e. The highest BCUT2D eigenvalue weighted by molar-refractivity contribution is 7.73. The molecule has 0 aromatic carbocycles. The zero-order chi connectivity index (χ0) is 13.9. The van der Waals surface area contributed by atoms with Crippen LogP contribution < -0.4 is 5.32 Å². The summed E-state index contributed by atoms with van der Waals surface area (Å²) < 4.78 is 11.5. The first kappa shape index (κ1) is 14.6. The van der Waals surface area contributed by atoms with Crippen LogP contribution in [0.25, 0.3) is 0 Å². The third kappa shape index (κ3) is 3.62. The van der Waals surface area contributed by atoms with Gasteiger partial charge in [-0.05, 0) is 19.1 Å². The van der Waals surface area contributed by atoms with Gasteiger partial charge in [0.25, 0.3) is 0 Å². The Hall–Kier alpha value is -0.760. The summed E-state index contributed by atoms with van der Waals surface area (Å²) in [6.07, 6.45) is 1.16. The fourth-order valence-electron chi connectivity index (χ4n) is 2.03. The third-order valence-corrected chi connectivity index (χ3v) is 4.69. The predicted molar refractivity (Wildman–Crippen MR) is 76.1 cm³/mol.